The SMILES string of the molecule is CC(C)N(CC(=O)N1CCN(c2cccc(Cl)c2)CC1)Cc1ccccc1. The second kappa shape index (κ2) is 9.25. The van der Waals surface area contributed by atoms with Crippen LogP contribution in [0, 0.1) is 0 Å². The summed E-state index contributed by atoms with van der Waals surface area (Å²) < 4.78 is 0. The quantitative estimate of drug-likeness (QED) is 0.754. The average Bonchev–Trinajstić information content (AvgIpc) is 2.68. The minimum Gasteiger partial charge on any atom is -0.368 e. The molecule has 1 heterocycles. The van der Waals surface area contributed by atoms with Crippen LogP contribution in [0.4, 0.5) is 5.69 Å². The third-order valence-electron chi connectivity index (χ3n) is 5.10. The molecule has 1 aliphatic rings. The lowest BCUT2D eigenvalue weighted by Gasteiger charge is -2.37. The van der Waals surface area contributed by atoms with Crippen LogP contribution < -0.4 is 4.90 Å². The number of amides is 1. The summed E-state index contributed by atoms with van der Waals surface area (Å²) in [5.41, 5.74) is 2.37. The molecule has 0 atom stereocenters. The van der Waals surface area contributed by atoms with Crippen molar-refractivity contribution in [2.75, 3.05) is 37.6 Å². The highest BCUT2D eigenvalue weighted by Crippen LogP contribution is 2.21. The molecule has 144 valence electrons. The van der Waals surface area contributed by atoms with Crippen LogP contribution in [0.25, 0.3) is 0 Å². The molecule has 0 spiro atoms. The second-order valence-electron chi connectivity index (χ2n) is 7.33. The van der Waals surface area contributed by atoms with E-state index in [4.69, 9.17) is 11.6 Å². The Balaban J connectivity index is 1.55. The lowest BCUT2D eigenvalue weighted by Crippen LogP contribution is -2.51. The molecule has 2 aromatic carbocycles. The maximum atomic E-state index is 12.8. The van der Waals surface area contributed by atoms with E-state index in [0.717, 1.165) is 43.4 Å². The van der Waals surface area contributed by atoms with Gasteiger partial charge in [-0.25, -0.2) is 0 Å². The number of anilines is 1. The molecule has 1 aliphatic heterocycles. The normalized spacial score (nSPS) is 14.9. The van der Waals surface area contributed by atoms with Crippen molar-refractivity contribution in [2.24, 2.45) is 0 Å². The molecule has 2 aromatic rings. The summed E-state index contributed by atoms with van der Waals surface area (Å²) in [6.07, 6.45) is 0. The van der Waals surface area contributed by atoms with Gasteiger partial charge in [0, 0.05) is 49.5 Å². The molecule has 1 saturated heterocycles. The summed E-state index contributed by atoms with van der Waals surface area (Å²) in [6, 6.07) is 18.6. The standard InChI is InChI=1S/C22H28ClN3O/c1-18(2)26(16-19-7-4-3-5-8-19)17-22(27)25-13-11-24(12-14-25)21-10-6-9-20(23)15-21/h3-10,15,18H,11-14,16-17H2,1-2H3. The van der Waals surface area contributed by atoms with Gasteiger partial charge in [-0.2, -0.15) is 0 Å². The molecular formula is C22H28ClN3O. The van der Waals surface area contributed by atoms with Crippen LogP contribution in [0.2, 0.25) is 5.02 Å². The van der Waals surface area contributed by atoms with Gasteiger partial charge >= 0.3 is 0 Å². The van der Waals surface area contributed by atoms with Gasteiger partial charge in [0.15, 0.2) is 0 Å². The molecule has 5 heteroatoms. The zero-order valence-corrected chi connectivity index (χ0v) is 16.9. The van der Waals surface area contributed by atoms with Crippen LogP contribution in [-0.2, 0) is 11.3 Å². The van der Waals surface area contributed by atoms with Crippen molar-refractivity contribution in [1.29, 1.82) is 0 Å². The number of nitrogens with zero attached hydrogens (tertiary/aromatic N) is 3. The first-order valence-electron chi connectivity index (χ1n) is 9.59. The Kier molecular flexibility index (Phi) is 6.75. The molecule has 0 bridgehead atoms. The van der Waals surface area contributed by atoms with E-state index in [1.807, 2.05) is 41.3 Å². The molecule has 3 rings (SSSR count). The first-order valence-corrected chi connectivity index (χ1v) is 9.97. The molecule has 0 radical (unpaired) electrons. The van der Waals surface area contributed by atoms with E-state index in [1.54, 1.807) is 0 Å². The molecule has 1 fully saturated rings. The maximum Gasteiger partial charge on any atom is 0.236 e. The van der Waals surface area contributed by atoms with Crippen LogP contribution in [0.5, 0.6) is 0 Å². The fourth-order valence-electron chi connectivity index (χ4n) is 3.40. The average molecular weight is 386 g/mol. The molecule has 1 amide bonds. The molecule has 0 N–H and O–H groups in total. The Morgan fingerprint density at radius 1 is 1.04 bits per heavy atom. The summed E-state index contributed by atoms with van der Waals surface area (Å²) in [6.45, 7) is 8.74. The van der Waals surface area contributed by atoms with Gasteiger partial charge in [0.05, 0.1) is 6.54 Å². The lowest BCUT2D eigenvalue weighted by molar-refractivity contribution is -0.133. The maximum absolute atomic E-state index is 12.8. The van der Waals surface area contributed by atoms with Crippen molar-refractivity contribution in [3.05, 3.63) is 65.2 Å². The smallest absolute Gasteiger partial charge is 0.236 e. The number of hydrogen-bond donors (Lipinski definition) is 0. The zero-order valence-electron chi connectivity index (χ0n) is 16.1. The summed E-state index contributed by atoms with van der Waals surface area (Å²) in [7, 11) is 0. The fraction of sp³-hybridized carbons (Fsp3) is 0.409. The van der Waals surface area contributed by atoms with Crippen LogP contribution >= 0.6 is 11.6 Å². The molecule has 4 nitrogen and oxygen atoms in total. The van der Waals surface area contributed by atoms with Gasteiger partial charge in [-0.05, 0) is 37.6 Å². The number of halogens is 1. The molecule has 0 aromatic heterocycles. The van der Waals surface area contributed by atoms with E-state index in [-0.39, 0.29) is 5.91 Å². The Hall–Kier alpha value is -2.04. The summed E-state index contributed by atoms with van der Waals surface area (Å²) >= 11 is 6.10. The molecule has 0 unspecified atom stereocenters. The fourth-order valence-corrected chi connectivity index (χ4v) is 3.58. The highest BCUT2D eigenvalue weighted by molar-refractivity contribution is 6.30. The lowest BCUT2D eigenvalue weighted by atomic mass is 10.2. The van der Waals surface area contributed by atoms with Crippen molar-refractivity contribution in [3.8, 4) is 0 Å². The molecule has 0 saturated carbocycles. The summed E-state index contributed by atoms with van der Waals surface area (Å²) in [5, 5.41) is 0.750. The summed E-state index contributed by atoms with van der Waals surface area (Å²) in [4.78, 5) is 19.4. The highest BCUT2D eigenvalue weighted by atomic mass is 35.5. The number of benzene rings is 2. The largest absolute Gasteiger partial charge is 0.368 e. The molecule has 27 heavy (non-hydrogen) atoms. The highest BCUT2D eigenvalue weighted by Gasteiger charge is 2.24. The Morgan fingerprint density at radius 2 is 1.74 bits per heavy atom. The van der Waals surface area contributed by atoms with Gasteiger partial charge in [-0.1, -0.05) is 48.0 Å². The van der Waals surface area contributed by atoms with E-state index in [1.165, 1.54) is 5.56 Å². The Labute approximate surface area is 167 Å². The van der Waals surface area contributed by atoms with Crippen molar-refractivity contribution in [2.45, 2.75) is 26.4 Å². The Bertz CT molecular complexity index is 742. The van der Waals surface area contributed by atoms with Gasteiger partial charge in [-0.3, -0.25) is 9.69 Å². The number of piperazine rings is 1. The van der Waals surface area contributed by atoms with Gasteiger partial charge in [0.1, 0.15) is 0 Å². The first kappa shape index (κ1) is 19.7. The van der Waals surface area contributed by atoms with Crippen LogP contribution in [0.15, 0.2) is 54.6 Å². The predicted molar refractivity (Wildman–Crippen MR) is 112 cm³/mol. The number of rotatable bonds is 6. The van der Waals surface area contributed by atoms with Crippen molar-refractivity contribution in [3.63, 3.8) is 0 Å². The van der Waals surface area contributed by atoms with Gasteiger partial charge in [-0.15, -0.1) is 0 Å². The zero-order chi connectivity index (χ0) is 19.2. The van der Waals surface area contributed by atoms with E-state index < -0.39 is 0 Å². The number of carbonyl (C=O) groups excluding carboxylic acids is 1. The third kappa shape index (κ3) is 5.47. The van der Waals surface area contributed by atoms with E-state index >= 15 is 0 Å². The minimum atomic E-state index is 0.213. The molecular weight excluding hydrogens is 358 g/mol. The van der Waals surface area contributed by atoms with E-state index in [0.29, 0.717) is 12.6 Å². The van der Waals surface area contributed by atoms with E-state index in [9.17, 15) is 4.79 Å². The van der Waals surface area contributed by atoms with Gasteiger partial charge < -0.3 is 9.80 Å². The summed E-state index contributed by atoms with van der Waals surface area (Å²) in [5.74, 6) is 0.213. The van der Waals surface area contributed by atoms with E-state index in [2.05, 4.69) is 41.8 Å². The van der Waals surface area contributed by atoms with Gasteiger partial charge in [0.25, 0.3) is 0 Å². The molecule has 0 aliphatic carbocycles. The van der Waals surface area contributed by atoms with Crippen LogP contribution in [0.1, 0.15) is 19.4 Å². The topological polar surface area (TPSA) is 26.8 Å². The third-order valence-corrected chi connectivity index (χ3v) is 5.34. The number of hydrogen-bond acceptors (Lipinski definition) is 3. The van der Waals surface area contributed by atoms with Crippen LogP contribution in [0.3, 0.4) is 0 Å². The minimum absolute atomic E-state index is 0.213. The van der Waals surface area contributed by atoms with Crippen molar-refractivity contribution in [1.82, 2.24) is 9.80 Å². The predicted octanol–water partition coefficient (Wildman–Crippen LogP) is 3.90. The second-order valence-corrected chi connectivity index (χ2v) is 7.77. The van der Waals surface area contributed by atoms with Crippen molar-refractivity contribution < 1.29 is 4.79 Å². The number of carbonyl (C=O) groups is 1. The van der Waals surface area contributed by atoms with Crippen LogP contribution in [-0.4, -0.2) is 54.5 Å². The first-order chi connectivity index (χ1) is 13.0. The van der Waals surface area contributed by atoms with Gasteiger partial charge in [0.2, 0.25) is 5.91 Å². The Morgan fingerprint density at radius 3 is 2.37 bits per heavy atom. The monoisotopic (exact) mass is 385 g/mol. The van der Waals surface area contributed by atoms with Crippen molar-refractivity contribution >= 4 is 23.2 Å².